The lowest BCUT2D eigenvalue weighted by atomic mass is 10.1. The molecule has 0 spiro atoms. The van der Waals surface area contributed by atoms with Gasteiger partial charge < -0.3 is 15.0 Å². The summed E-state index contributed by atoms with van der Waals surface area (Å²) < 4.78 is 18.2. The van der Waals surface area contributed by atoms with Crippen molar-refractivity contribution in [2.75, 3.05) is 13.7 Å². The highest BCUT2D eigenvalue weighted by molar-refractivity contribution is 5.88. The zero-order valence-electron chi connectivity index (χ0n) is 15.9. The standard InChI is InChI=1S/C21H25FN2O3/c1-4-23-21(26)15(2)24(14-17-7-11-19(27-3)12-8-17)20(25)13-16-5-9-18(22)10-6-16/h5-12,15H,4,13-14H2,1-3H3,(H,23,26)/t15-/m1/s1. The molecular formula is C21H25FN2O3. The maximum Gasteiger partial charge on any atom is 0.242 e. The number of ether oxygens (including phenoxy) is 1. The van der Waals surface area contributed by atoms with Crippen LogP contribution in [-0.2, 0) is 22.6 Å². The number of carbonyl (C=O) groups excluding carboxylic acids is 2. The molecule has 5 nitrogen and oxygen atoms in total. The van der Waals surface area contributed by atoms with Gasteiger partial charge in [-0.05, 0) is 49.2 Å². The van der Waals surface area contributed by atoms with E-state index in [0.717, 1.165) is 11.3 Å². The molecule has 2 aromatic carbocycles. The van der Waals surface area contributed by atoms with E-state index in [4.69, 9.17) is 4.74 Å². The average molecular weight is 372 g/mol. The molecular weight excluding hydrogens is 347 g/mol. The fourth-order valence-corrected chi connectivity index (χ4v) is 2.71. The average Bonchev–Trinajstić information content (AvgIpc) is 2.68. The molecule has 1 N–H and O–H groups in total. The highest BCUT2D eigenvalue weighted by Crippen LogP contribution is 2.16. The number of hydrogen-bond donors (Lipinski definition) is 1. The molecule has 0 heterocycles. The zero-order valence-corrected chi connectivity index (χ0v) is 15.9. The van der Waals surface area contributed by atoms with Gasteiger partial charge in [0.05, 0.1) is 13.5 Å². The number of amides is 2. The van der Waals surface area contributed by atoms with E-state index >= 15 is 0 Å². The predicted octanol–water partition coefficient (Wildman–Crippen LogP) is 2.93. The first-order valence-corrected chi connectivity index (χ1v) is 8.89. The predicted molar refractivity (Wildman–Crippen MR) is 102 cm³/mol. The summed E-state index contributed by atoms with van der Waals surface area (Å²) >= 11 is 0. The molecule has 0 fully saturated rings. The van der Waals surface area contributed by atoms with Crippen LogP contribution in [0.2, 0.25) is 0 Å². The van der Waals surface area contributed by atoms with E-state index < -0.39 is 6.04 Å². The van der Waals surface area contributed by atoms with Gasteiger partial charge in [-0.15, -0.1) is 0 Å². The quantitative estimate of drug-likeness (QED) is 0.775. The van der Waals surface area contributed by atoms with Gasteiger partial charge in [0.25, 0.3) is 0 Å². The third-order valence-electron chi connectivity index (χ3n) is 4.30. The van der Waals surface area contributed by atoms with E-state index in [2.05, 4.69) is 5.32 Å². The van der Waals surface area contributed by atoms with E-state index in [9.17, 15) is 14.0 Å². The molecule has 2 rings (SSSR count). The van der Waals surface area contributed by atoms with Crippen LogP contribution in [0, 0.1) is 5.82 Å². The second-order valence-electron chi connectivity index (χ2n) is 6.24. The number of halogens is 1. The summed E-state index contributed by atoms with van der Waals surface area (Å²) in [7, 11) is 1.59. The molecule has 2 aromatic rings. The van der Waals surface area contributed by atoms with Crippen molar-refractivity contribution in [3.8, 4) is 5.75 Å². The number of carbonyl (C=O) groups is 2. The molecule has 144 valence electrons. The lowest BCUT2D eigenvalue weighted by Crippen LogP contribution is -2.48. The summed E-state index contributed by atoms with van der Waals surface area (Å²) in [5.41, 5.74) is 1.59. The summed E-state index contributed by atoms with van der Waals surface area (Å²) in [6.45, 7) is 4.32. The van der Waals surface area contributed by atoms with Crippen molar-refractivity contribution in [3.63, 3.8) is 0 Å². The Morgan fingerprint density at radius 1 is 1.07 bits per heavy atom. The molecule has 0 aliphatic rings. The molecule has 0 bridgehead atoms. The topological polar surface area (TPSA) is 58.6 Å². The Balaban J connectivity index is 2.20. The molecule has 0 saturated carbocycles. The van der Waals surface area contributed by atoms with Gasteiger partial charge in [0.2, 0.25) is 11.8 Å². The van der Waals surface area contributed by atoms with Crippen molar-refractivity contribution in [2.45, 2.75) is 32.9 Å². The Morgan fingerprint density at radius 2 is 1.67 bits per heavy atom. The highest BCUT2D eigenvalue weighted by atomic mass is 19.1. The van der Waals surface area contributed by atoms with Crippen LogP contribution < -0.4 is 10.1 Å². The van der Waals surface area contributed by atoms with Crippen molar-refractivity contribution in [1.82, 2.24) is 10.2 Å². The first-order valence-electron chi connectivity index (χ1n) is 8.89. The van der Waals surface area contributed by atoms with Crippen LogP contribution in [0.4, 0.5) is 4.39 Å². The summed E-state index contributed by atoms with van der Waals surface area (Å²) in [5.74, 6) is -0.0358. The monoisotopic (exact) mass is 372 g/mol. The van der Waals surface area contributed by atoms with Gasteiger partial charge in [-0.3, -0.25) is 9.59 Å². The van der Waals surface area contributed by atoms with Crippen LogP contribution in [0.1, 0.15) is 25.0 Å². The third-order valence-corrected chi connectivity index (χ3v) is 4.30. The number of hydrogen-bond acceptors (Lipinski definition) is 3. The molecule has 6 heteroatoms. The van der Waals surface area contributed by atoms with E-state index in [1.807, 2.05) is 31.2 Å². The third kappa shape index (κ3) is 5.81. The minimum atomic E-state index is -0.625. The number of nitrogens with one attached hydrogen (secondary N) is 1. The second kappa shape index (κ2) is 9.71. The lowest BCUT2D eigenvalue weighted by Gasteiger charge is -2.29. The van der Waals surface area contributed by atoms with Gasteiger partial charge in [0.1, 0.15) is 17.6 Å². The van der Waals surface area contributed by atoms with Crippen molar-refractivity contribution in [1.29, 1.82) is 0 Å². The molecule has 0 saturated heterocycles. The van der Waals surface area contributed by atoms with E-state index in [1.54, 1.807) is 26.2 Å². The lowest BCUT2D eigenvalue weighted by molar-refractivity contribution is -0.140. The number of rotatable bonds is 8. The largest absolute Gasteiger partial charge is 0.497 e. The summed E-state index contributed by atoms with van der Waals surface area (Å²) in [5, 5.41) is 2.75. The van der Waals surface area contributed by atoms with E-state index in [1.165, 1.54) is 17.0 Å². The molecule has 0 radical (unpaired) electrons. The Kier molecular flexibility index (Phi) is 7.34. The minimum Gasteiger partial charge on any atom is -0.497 e. The van der Waals surface area contributed by atoms with Crippen LogP contribution in [0.5, 0.6) is 5.75 Å². The maximum atomic E-state index is 13.1. The normalized spacial score (nSPS) is 11.6. The molecule has 27 heavy (non-hydrogen) atoms. The van der Waals surface area contributed by atoms with E-state index in [-0.39, 0.29) is 24.1 Å². The molecule has 1 atom stereocenters. The van der Waals surface area contributed by atoms with Crippen LogP contribution in [0.3, 0.4) is 0 Å². The fraction of sp³-hybridized carbons (Fsp3) is 0.333. The Labute approximate surface area is 159 Å². The molecule has 0 aromatic heterocycles. The maximum absolute atomic E-state index is 13.1. The van der Waals surface area contributed by atoms with Gasteiger partial charge in [0.15, 0.2) is 0 Å². The van der Waals surface area contributed by atoms with Gasteiger partial charge in [-0.1, -0.05) is 24.3 Å². The van der Waals surface area contributed by atoms with Crippen LogP contribution >= 0.6 is 0 Å². The van der Waals surface area contributed by atoms with Crippen molar-refractivity contribution in [2.24, 2.45) is 0 Å². The van der Waals surface area contributed by atoms with Gasteiger partial charge in [0, 0.05) is 13.1 Å². The highest BCUT2D eigenvalue weighted by Gasteiger charge is 2.25. The smallest absolute Gasteiger partial charge is 0.242 e. The van der Waals surface area contributed by atoms with Crippen molar-refractivity contribution in [3.05, 3.63) is 65.5 Å². The van der Waals surface area contributed by atoms with Crippen LogP contribution in [0.15, 0.2) is 48.5 Å². The summed E-state index contributed by atoms with van der Waals surface area (Å²) in [6, 6.07) is 12.5. The Hall–Kier alpha value is -2.89. The second-order valence-corrected chi connectivity index (χ2v) is 6.24. The van der Waals surface area contributed by atoms with Crippen molar-refractivity contribution >= 4 is 11.8 Å². The number of nitrogens with zero attached hydrogens (tertiary/aromatic N) is 1. The molecule has 0 unspecified atom stereocenters. The molecule has 0 aliphatic carbocycles. The SMILES string of the molecule is CCNC(=O)[C@@H](C)N(Cc1ccc(OC)cc1)C(=O)Cc1ccc(F)cc1. The number of benzene rings is 2. The summed E-state index contributed by atoms with van der Waals surface area (Å²) in [4.78, 5) is 26.7. The minimum absolute atomic E-state index is 0.0974. The number of methoxy groups -OCH3 is 1. The zero-order chi connectivity index (χ0) is 19.8. The van der Waals surface area contributed by atoms with Crippen molar-refractivity contribution < 1.29 is 18.7 Å². The Morgan fingerprint density at radius 3 is 2.22 bits per heavy atom. The fourth-order valence-electron chi connectivity index (χ4n) is 2.71. The van der Waals surface area contributed by atoms with E-state index in [0.29, 0.717) is 18.7 Å². The van der Waals surface area contributed by atoms with Gasteiger partial charge in [-0.25, -0.2) is 4.39 Å². The molecule has 0 aliphatic heterocycles. The van der Waals surface area contributed by atoms with Crippen LogP contribution in [0.25, 0.3) is 0 Å². The molecule has 2 amide bonds. The first kappa shape index (κ1) is 20.4. The van der Waals surface area contributed by atoms with Gasteiger partial charge in [-0.2, -0.15) is 0 Å². The Bertz CT molecular complexity index is 760. The number of likely N-dealkylation sites (N-methyl/N-ethyl adjacent to an activating group) is 1. The summed E-state index contributed by atoms with van der Waals surface area (Å²) in [6.07, 6.45) is 0.0974. The first-order chi connectivity index (χ1) is 12.9. The van der Waals surface area contributed by atoms with Crippen LogP contribution in [-0.4, -0.2) is 36.4 Å². The van der Waals surface area contributed by atoms with Gasteiger partial charge >= 0.3 is 0 Å².